The zero-order valence-electron chi connectivity index (χ0n) is 4.12. The molecule has 0 heterocycles. The van der Waals surface area contributed by atoms with Crippen LogP contribution in [0.4, 0.5) is 0 Å². The molecule has 0 aromatic carbocycles. The predicted octanol–water partition coefficient (Wildman–Crippen LogP) is 0.0381. The first-order valence-corrected chi connectivity index (χ1v) is 0.500. The third-order valence-corrected chi connectivity index (χ3v) is 0. The minimum Gasteiger partial charge on any atom is -0.106 e. The van der Waals surface area contributed by atoms with Crippen LogP contribution in [0.2, 0.25) is 0 Å². The molecule has 0 aromatic heterocycles. The minimum absolute atomic E-state index is 0. The van der Waals surface area contributed by atoms with Gasteiger partial charge >= 0.3 is 0 Å². The van der Waals surface area contributed by atoms with E-state index < -0.39 is 0 Å². The minimum atomic E-state index is 0. The first-order chi connectivity index (χ1) is 1.00. The summed E-state index contributed by atoms with van der Waals surface area (Å²) in [6.45, 7) is 6.00. The second-order valence-electron chi connectivity index (χ2n) is 0. The van der Waals surface area contributed by atoms with Crippen LogP contribution in [0.5, 0.6) is 0 Å². The SMILES string of the molecule is C=C.[K].[K].[Zn]. The summed E-state index contributed by atoms with van der Waals surface area (Å²) in [6.07, 6.45) is 0. The van der Waals surface area contributed by atoms with Gasteiger partial charge in [0.1, 0.15) is 0 Å². The maximum absolute atomic E-state index is 3.00. The molecule has 0 nitrogen and oxygen atoms in total. The number of hydrogen-bond donors (Lipinski definition) is 0. The second kappa shape index (κ2) is 25.4. The molecule has 0 aliphatic carbocycles. The Morgan fingerprint density at radius 2 is 0.800 bits per heavy atom. The van der Waals surface area contributed by atoms with E-state index in [1.54, 1.807) is 0 Å². The smallest absolute Gasteiger partial charge is 0 e. The third-order valence-electron chi connectivity index (χ3n) is 0. The van der Waals surface area contributed by atoms with Crippen LogP contribution >= 0.6 is 0 Å². The van der Waals surface area contributed by atoms with Gasteiger partial charge in [0.25, 0.3) is 0 Å². The Labute approximate surface area is 131 Å². The monoisotopic (exact) mass is 170 g/mol. The molecule has 0 saturated heterocycles. The molecule has 16 valence electrons. The average molecular weight is 172 g/mol. The summed E-state index contributed by atoms with van der Waals surface area (Å²) in [5.74, 6) is 0. The van der Waals surface area contributed by atoms with E-state index in [2.05, 4.69) is 13.2 Å². The van der Waals surface area contributed by atoms with Gasteiger partial charge in [0.15, 0.2) is 0 Å². The summed E-state index contributed by atoms with van der Waals surface area (Å²) in [6, 6.07) is 0. The van der Waals surface area contributed by atoms with E-state index in [0.717, 1.165) is 0 Å². The van der Waals surface area contributed by atoms with Gasteiger partial charge in [-0.15, -0.1) is 13.2 Å². The van der Waals surface area contributed by atoms with E-state index in [0.29, 0.717) is 0 Å². The van der Waals surface area contributed by atoms with Gasteiger partial charge in [0.2, 0.25) is 0 Å². The fraction of sp³-hybridized carbons (Fsp3) is 0. The molecule has 0 aliphatic heterocycles. The van der Waals surface area contributed by atoms with Crippen molar-refractivity contribution in [2.24, 2.45) is 0 Å². The summed E-state index contributed by atoms with van der Waals surface area (Å²) in [4.78, 5) is 0. The van der Waals surface area contributed by atoms with Crippen molar-refractivity contribution in [3.05, 3.63) is 13.2 Å². The first-order valence-electron chi connectivity index (χ1n) is 0.500. The normalized spacial score (nSPS) is 0.800. The van der Waals surface area contributed by atoms with E-state index in [-0.39, 0.29) is 122 Å². The molecular formula is C2H4K2Zn. The van der Waals surface area contributed by atoms with Crippen LogP contribution < -0.4 is 0 Å². The van der Waals surface area contributed by atoms with Crippen molar-refractivity contribution in [1.29, 1.82) is 0 Å². The Hall–Kier alpha value is 3.64. The first kappa shape index (κ1) is 23.4. The molecule has 0 atom stereocenters. The Kier molecular flexibility index (Phi) is 119. The quantitative estimate of drug-likeness (QED) is 0.357. The fourth-order valence-electron chi connectivity index (χ4n) is 0. The average Bonchev–Trinajstić information content (AvgIpc) is 1.00. The van der Waals surface area contributed by atoms with Crippen LogP contribution in [0.15, 0.2) is 13.2 Å². The van der Waals surface area contributed by atoms with Crippen molar-refractivity contribution in [1.82, 2.24) is 0 Å². The molecule has 0 amide bonds. The zero-order chi connectivity index (χ0) is 2.00. The van der Waals surface area contributed by atoms with Crippen molar-refractivity contribution < 1.29 is 19.5 Å². The third kappa shape index (κ3) is 18.3. The van der Waals surface area contributed by atoms with Gasteiger partial charge in [0, 0.05) is 122 Å². The summed E-state index contributed by atoms with van der Waals surface area (Å²) in [5, 5.41) is 0. The molecule has 0 N–H and O–H groups in total. The van der Waals surface area contributed by atoms with E-state index in [1.165, 1.54) is 0 Å². The molecule has 3 heteroatoms. The topological polar surface area (TPSA) is 0 Å². The van der Waals surface area contributed by atoms with Crippen LogP contribution in [0, 0.1) is 0 Å². The van der Waals surface area contributed by atoms with E-state index in [1.807, 2.05) is 0 Å². The molecule has 0 spiro atoms. The number of rotatable bonds is 0. The summed E-state index contributed by atoms with van der Waals surface area (Å²) in [5.41, 5.74) is 0. The van der Waals surface area contributed by atoms with E-state index in [4.69, 9.17) is 0 Å². The summed E-state index contributed by atoms with van der Waals surface area (Å²) in [7, 11) is 0. The molecule has 0 saturated carbocycles. The van der Waals surface area contributed by atoms with Crippen molar-refractivity contribution >= 4 is 103 Å². The van der Waals surface area contributed by atoms with Gasteiger partial charge in [-0.25, -0.2) is 0 Å². The zero-order valence-corrected chi connectivity index (χ0v) is 13.3. The maximum atomic E-state index is 3.00. The second-order valence-corrected chi connectivity index (χ2v) is 0. The van der Waals surface area contributed by atoms with E-state index >= 15 is 0 Å². The fourth-order valence-corrected chi connectivity index (χ4v) is 0. The van der Waals surface area contributed by atoms with Gasteiger partial charge in [-0.2, -0.15) is 0 Å². The van der Waals surface area contributed by atoms with Gasteiger partial charge < -0.3 is 0 Å². The van der Waals surface area contributed by atoms with Gasteiger partial charge in [0.05, 0.1) is 0 Å². The van der Waals surface area contributed by atoms with Crippen LogP contribution in [0.25, 0.3) is 0 Å². The van der Waals surface area contributed by atoms with Crippen LogP contribution in [-0.2, 0) is 19.5 Å². The van der Waals surface area contributed by atoms with Crippen LogP contribution in [0.3, 0.4) is 0 Å². The molecular weight excluding hydrogens is 168 g/mol. The molecule has 0 fully saturated rings. The predicted molar refractivity (Wildman–Crippen MR) is 22.8 cm³/mol. The summed E-state index contributed by atoms with van der Waals surface area (Å²) < 4.78 is 0. The Balaban J connectivity index is -0.00000000167. The van der Waals surface area contributed by atoms with Crippen molar-refractivity contribution in [2.75, 3.05) is 0 Å². The largest absolute Gasteiger partial charge is 0.106 e. The molecule has 0 bridgehead atoms. The number of hydrogen-bond acceptors (Lipinski definition) is 0. The molecule has 0 rings (SSSR count). The summed E-state index contributed by atoms with van der Waals surface area (Å²) >= 11 is 0. The molecule has 0 aliphatic rings. The van der Waals surface area contributed by atoms with Gasteiger partial charge in [-0.1, -0.05) is 0 Å². The molecule has 2 radical (unpaired) electrons. The van der Waals surface area contributed by atoms with Crippen LogP contribution in [0.1, 0.15) is 0 Å². The Bertz CT molecular complexity index is 7.61. The van der Waals surface area contributed by atoms with E-state index in [9.17, 15) is 0 Å². The van der Waals surface area contributed by atoms with Crippen molar-refractivity contribution in [2.45, 2.75) is 0 Å². The molecule has 0 unspecified atom stereocenters. The molecule has 0 aromatic rings. The van der Waals surface area contributed by atoms with Crippen LogP contribution in [-0.4, -0.2) is 103 Å². The molecule has 5 heavy (non-hydrogen) atoms. The Morgan fingerprint density at radius 3 is 0.800 bits per heavy atom. The van der Waals surface area contributed by atoms with Crippen molar-refractivity contribution in [3.8, 4) is 0 Å². The van der Waals surface area contributed by atoms with Gasteiger partial charge in [-0.3, -0.25) is 0 Å². The van der Waals surface area contributed by atoms with Gasteiger partial charge in [-0.05, 0) is 0 Å². The maximum Gasteiger partial charge on any atom is 0 e. The van der Waals surface area contributed by atoms with Crippen molar-refractivity contribution in [3.63, 3.8) is 0 Å². The standard InChI is InChI=1S/C2H4.2K.Zn/c1-2;;;/h1-2H2;;;. The Morgan fingerprint density at radius 1 is 0.800 bits per heavy atom.